The van der Waals surface area contributed by atoms with Crippen LogP contribution in [0.15, 0.2) is 12.1 Å². The molecule has 1 saturated carbocycles. The third-order valence-electron chi connectivity index (χ3n) is 3.40. The maximum Gasteiger partial charge on any atom is 0.133 e. The Labute approximate surface area is 93.4 Å². The van der Waals surface area contributed by atoms with E-state index in [9.17, 15) is 8.78 Å². The average Bonchev–Trinajstić information content (AvgIpc) is 2.97. The molecule has 88 valence electrons. The summed E-state index contributed by atoms with van der Waals surface area (Å²) in [6.07, 6.45) is 1.65. The van der Waals surface area contributed by atoms with Gasteiger partial charge in [-0.05, 0) is 19.8 Å². The lowest BCUT2D eigenvalue weighted by Crippen LogP contribution is -2.32. The standard InChI is InChI=1S/C12H15F2NO/c1-7(15)12(3-4-12)11-9(14)5-8(13)6-10(11)16-2/h5-7H,3-4,15H2,1-2H3. The number of ether oxygens (including phenoxy) is 1. The lowest BCUT2D eigenvalue weighted by Gasteiger charge is -2.23. The highest BCUT2D eigenvalue weighted by molar-refractivity contribution is 5.46. The van der Waals surface area contributed by atoms with Crippen molar-refractivity contribution in [1.29, 1.82) is 0 Å². The minimum Gasteiger partial charge on any atom is -0.496 e. The first-order chi connectivity index (χ1) is 7.51. The summed E-state index contributed by atoms with van der Waals surface area (Å²) in [5, 5.41) is 0. The van der Waals surface area contributed by atoms with E-state index in [0.29, 0.717) is 5.56 Å². The molecule has 1 atom stereocenters. The van der Waals surface area contributed by atoms with Gasteiger partial charge in [-0.3, -0.25) is 0 Å². The molecule has 0 heterocycles. The molecule has 0 saturated heterocycles. The molecule has 1 aromatic carbocycles. The summed E-state index contributed by atoms with van der Waals surface area (Å²) in [6, 6.07) is 1.93. The van der Waals surface area contributed by atoms with Crippen LogP contribution in [0.1, 0.15) is 25.3 Å². The van der Waals surface area contributed by atoms with Crippen molar-refractivity contribution in [3.05, 3.63) is 29.3 Å². The van der Waals surface area contributed by atoms with Gasteiger partial charge in [0.2, 0.25) is 0 Å². The highest BCUT2D eigenvalue weighted by atomic mass is 19.1. The van der Waals surface area contributed by atoms with E-state index in [2.05, 4.69) is 0 Å². The first-order valence-electron chi connectivity index (χ1n) is 5.30. The number of rotatable bonds is 3. The number of halogens is 2. The fraction of sp³-hybridized carbons (Fsp3) is 0.500. The molecule has 0 aromatic heterocycles. The molecule has 0 radical (unpaired) electrons. The Morgan fingerprint density at radius 2 is 2.00 bits per heavy atom. The van der Waals surface area contributed by atoms with E-state index >= 15 is 0 Å². The molecule has 1 unspecified atom stereocenters. The van der Waals surface area contributed by atoms with E-state index in [0.717, 1.165) is 18.9 Å². The lowest BCUT2D eigenvalue weighted by atomic mass is 9.88. The Morgan fingerprint density at radius 1 is 1.38 bits per heavy atom. The van der Waals surface area contributed by atoms with Crippen molar-refractivity contribution in [3.8, 4) is 5.75 Å². The van der Waals surface area contributed by atoms with E-state index in [4.69, 9.17) is 10.5 Å². The largest absolute Gasteiger partial charge is 0.496 e. The molecule has 1 aromatic rings. The maximum absolute atomic E-state index is 13.8. The summed E-state index contributed by atoms with van der Waals surface area (Å²) in [5.74, 6) is -0.933. The van der Waals surface area contributed by atoms with Crippen LogP contribution in [-0.4, -0.2) is 13.2 Å². The topological polar surface area (TPSA) is 35.2 Å². The van der Waals surface area contributed by atoms with Crippen LogP contribution in [-0.2, 0) is 5.41 Å². The van der Waals surface area contributed by atoms with E-state index < -0.39 is 11.6 Å². The number of nitrogens with two attached hydrogens (primary N) is 1. The summed E-state index contributed by atoms with van der Waals surface area (Å²) < 4.78 is 31.9. The number of hydrogen-bond donors (Lipinski definition) is 1. The lowest BCUT2D eigenvalue weighted by molar-refractivity contribution is 0.384. The molecule has 0 bridgehead atoms. The summed E-state index contributed by atoms with van der Waals surface area (Å²) >= 11 is 0. The Bertz CT molecular complexity index is 414. The van der Waals surface area contributed by atoms with Gasteiger partial charge in [-0.15, -0.1) is 0 Å². The highest BCUT2D eigenvalue weighted by Crippen LogP contribution is 2.54. The summed E-state index contributed by atoms with van der Waals surface area (Å²) in [6.45, 7) is 1.84. The van der Waals surface area contributed by atoms with Gasteiger partial charge < -0.3 is 10.5 Å². The fourth-order valence-electron chi connectivity index (χ4n) is 2.26. The zero-order chi connectivity index (χ0) is 11.9. The normalized spacial score (nSPS) is 19.3. The maximum atomic E-state index is 13.8. The van der Waals surface area contributed by atoms with Crippen LogP contribution in [0.4, 0.5) is 8.78 Å². The highest BCUT2D eigenvalue weighted by Gasteiger charge is 2.51. The second-order valence-electron chi connectivity index (χ2n) is 4.41. The molecule has 2 nitrogen and oxygen atoms in total. The third-order valence-corrected chi connectivity index (χ3v) is 3.40. The molecule has 2 N–H and O–H groups in total. The van der Waals surface area contributed by atoms with Crippen LogP contribution < -0.4 is 10.5 Å². The van der Waals surface area contributed by atoms with Gasteiger partial charge in [-0.1, -0.05) is 0 Å². The van der Waals surface area contributed by atoms with Crippen LogP contribution in [0.2, 0.25) is 0 Å². The SMILES string of the molecule is COc1cc(F)cc(F)c1C1(C(C)N)CC1. The minimum atomic E-state index is -0.626. The van der Waals surface area contributed by atoms with Crippen LogP contribution in [0.5, 0.6) is 5.75 Å². The monoisotopic (exact) mass is 227 g/mol. The van der Waals surface area contributed by atoms with Gasteiger partial charge >= 0.3 is 0 Å². The molecule has 1 fully saturated rings. The zero-order valence-electron chi connectivity index (χ0n) is 9.39. The summed E-state index contributed by atoms with van der Waals surface area (Å²) in [4.78, 5) is 0. The van der Waals surface area contributed by atoms with Crippen molar-refractivity contribution in [2.24, 2.45) is 5.73 Å². The molecular formula is C12H15F2NO. The van der Waals surface area contributed by atoms with E-state index in [-0.39, 0.29) is 17.2 Å². The first kappa shape index (κ1) is 11.3. The Hall–Kier alpha value is -1.16. The third kappa shape index (κ3) is 1.57. The summed E-state index contributed by atoms with van der Waals surface area (Å²) in [5.41, 5.74) is 5.93. The van der Waals surface area contributed by atoms with E-state index in [1.807, 2.05) is 6.92 Å². The Kier molecular flexibility index (Phi) is 2.62. The van der Waals surface area contributed by atoms with Gasteiger partial charge in [-0.2, -0.15) is 0 Å². The van der Waals surface area contributed by atoms with Crippen molar-refractivity contribution >= 4 is 0 Å². The molecule has 4 heteroatoms. The molecule has 1 aliphatic carbocycles. The van der Waals surface area contributed by atoms with Crippen molar-refractivity contribution in [3.63, 3.8) is 0 Å². The van der Waals surface area contributed by atoms with Crippen molar-refractivity contribution in [2.45, 2.75) is 31.2 Å². The number of hydrogen-bond acceptors (Lipinski definition) is 2. The quantitative estimate of drug-likeness (QED) is 0.860. The molecular weight excluding hydrogens is 212 g/mol. The molecule has 1 aliphatic rings. The second-order valence-corrected chi connectivity index (χ2v) is 4.41. The smallest absolute Gasteiger partial charge is 0.133 e. The Balaban J connectivity index is 2.56. The van der Waals surface area contributed by atoms with Gasteiger partial charge in [-0.25, -0.2) is 8.78 Å². The van der Waals surface area contributed by atoms with E-state index in [1.165, 1.54) is 13.2 Å². The Morgan fingerprint density at radius 3 is 2.44 bits per heavy atom. The van der Waals surface area contributed by atoms with Gasteiger partial charge in [0.1, 0.15) is 17.4 Å². The molecule has 0 amide bonds. The molecule has 0 spiro atoms. The fourth-order valence-corrected chi connectivity index (χ4v) is 2.26. The van der Waals surface area contributed by atoms with E-state index in [1.54, 1.807) is 0 Å². The molecule has 2 rings (SSSR count). The van der Waals surface area contributed by atoms with Gasteiger partial charge in [0.05, 0.1) is 7.11 Å². The van der Waals surface area contributed by atoms with Gasteiger partial charge in [0, 0.05) is 29.2 Å². The predicted octanol–water partition coefficient (Wildman–Crippen LogP) is 2.35. The molecule has 16 heavy (non-hydrogen) atoms. The number of benzene rings is 1. The summed E-state index contributed by atoms with van der Waals surface area (Å²) in [7, 11) is 1.41. The minimum absolute atomic E-state index is 0.165. The number of methoxy groups -OCH3 is 1. The van der Waals surface area contributed by atoms with Crippen molar-refractivity contribution < 1.29 is 13.5 Å². The first-order valence-corrected chi connectivity index (χ1v) is 5.30. The van der Waals surface area contributed by atoms with Gasteiger partial charge in [0.25, 0.3) is 0 Å². The van der Waals surface area contributed by atoms with Crippen LogP contribution in [0.25, 0.3) is 0 Å². The van der Waals surface area contributed by atoms with Crippen LogP contribution >= 0.6 is 0 Å². The zero-order valence-corrected chi connectivity index (χ0v) is 9.39. The molecule has 0 aliphatic heterocycles. The van der Waals surface area contributed by atoms with Crippen LogP contribution in [0, 0.1) is 11.6 Å². The van der Waals surface area contributed by atoms with Gasteiger partial charge in [0.15, 0.2) is 0 Å². The predicted molar refractivity (Wildman–Crippen MR) is 57.5 cm³/mol. The average molecular weight is 227 g/mol. The van der Waals surface area contributed by atoms with Crippen LogP contribution in [0.3, 0.4) is 0 Å². The second kappa shape index (κ2) is 3.70. The van der Waals surface area contributed by atoms with Crippen molar-refractivity contribution in [1.82, 2.24) is 0 Å². The van der Waals surface area contributed by atoms with Crippen molar-refractivity contribution in [2.75, 3.05) is 7.11 Å².